The van der Waals surface area contributed by atoms with Crippen LogP contribution in [0.25, 0.3) is 11.1 Å². The fourth-order valence-electron chi connectivity index (χ4n) is 2.16. The Morgan fingerprint density at radius 1 is 1.27 bits per heavy atom. The van der Waals surface area contributed by atoms with Gasteiger partial charge in [0, 0.05) is 5.56 Å². The van der Waals surface area contributed by atoms with Crippen LogP contribution in [-0.4, -0.2) is 5.97 Å². The summed E-state index contributed by atoms with van der Waals surface area (Å²) < 4.78 is 5.28. The number of ether oxygens (including phenoxy) is 1. The molecule has 0 saturated heterocycles. The van der Waals surface area contributed by atoms with E-state index in [0.29, 0.717) is 6.42 Å². The fraction of sp³-hybridized carbons (Fsp3) is 0.154. The second-order valence-electron chi connectivity index (χ2n) is 3.88. The molecule has 2 heteroatoms. The van der Waals surface area contributed by atoms with Crippen LogP contribution in [-0.2, 0) is 11.2 Å². The van der Waals surface area contributed by atoms with Crippen LogP contribution in [0.3, 0.4) is 0 Å². The Bertz CT molecular complexity index is 528. The standard InChI is InChI=1S/C13H10O2/c1-8-6-9-4-2-3-5-10-7-11(14)15-13(8)12(9)10/h2-6H,7H2,1H3. The van der Waals surface area contributed by atoms with Crippen LogP contribution in [0.1, 0.15) is 11.1 Å². The molecule has 0 N–H and O–H groups in total. The van der Waals surface area contributed by atoms with Gasteiger partial charge in [0.2, 0.25) is 0 Å². The molecule has 0 unspecified atom stereocenters. The predicted molar refractivity (Wildman–Crippen MR) is 57.1 cm³/mol. The number of rotatable bonds is 0. The van der Waals surface area contributed by atoms with Crippen LogP contribution in [0, 0.1) is 6.92 Å². The van der Waals surface area contributed by atoms with Gasteiger partial charge in [-0.1, -0.05) is 24.3 Å². The topological polar surface area (TPSA) is 26.3 Å². The van der Waals surface area contributed by atoms with Crippen LogP contribution >= 0.6 is 0 Å². The molecule has 3 rings (SSSR count). The van der Waals surface area contributed by atoms with Gasteiger partial charge in [0.15, 0.2) is 0 Å². The Balaban J connectivity index is 2.40. The molecule has 0 aromatic carbocycles. The summed E-state index contributed by atoms with van der Waals surface area (Å²) in [6.07, 6.45) is 0.377. The summed E-state index contributed by atoms with van der Waals surface area (Å²) in [7, 11) is 0. The summed E-state index contributed by atoms with van der Waals surface area (Å²) >= 11 is 0. The lowest BCUT2D eigenvalue weighted by molar-refractivity contribution is -0.134. The molecule has 74 valence electrons. The molecule has 15 heavy (non-hydrogen) atoms. The maximum Gasteiger partial charge on any atom is 0.315 e. The molecule has 3 aliphatic rings. The van der Waals surface area contributed by atoms with Crippen molar-refractivity contribution in [3.63, 3.8) is 0 Å². The third-order valence-corrected chi connectivity index (χ3v) is 2.80. The highest BCUT2D eigenvalue weighted by molar-refractivity contribution is 5.90. The summed E-state index contributed by atoms with van der Waals surface area (Å²) in [6, 6.07) is 10.1. The zero-order valence-corrected chi connectivity index (χ0v) is 8.41. The van der Waals surface area contributed by atoms with E-state index in [0.717, 1.165) is 28.0 Å². The molecule has 0 aromatic heterocycles. The number of aryl methyl sites for hydroxylation is 1. The molecule has 0 bridgehead atoms. The number of hydrogen-bond acceptors (Lipinski definition) is 2. The van der Waals surface area contributed by atoms with E-state index in [1.54, 1.807) is 0 Å². The van der Waals surface area contributed by atoms with Crippen LogP contribution in [0.5, 0.6) is 5.75 Å². The van der Waals surface area contributed by atoms with Gasteiger partial charge in [-0.3, -0.25) is 4.79 Å². The average Bonchev–Trinajstić information content (AvgIpc) is 2.40. The van der Waals surface area contributed by atoms with E-state index in [2.05, 4.69) is 12.1 Å². The third-order valence-electron chi connectivity index (χ3n) is 2.80. The van der Waals surface area contributed by atoms with Gasteiger partial charge >= 0.3 is 5.97 Å². The normalized spacial score (nSPS) is 14.1. The molecule has 0 radical (unpaired) electrons. The van der Waals surface area contributed by atoms with E-state index < -0.39 is 0 Å². The molecular weight excluding hydrogens is 188 g/mol. The molecule has 1 aliphatic heterocycles. The van der Waals surface area contributed by atoms with Crippen molar-refractivity contribution in [2.45, 2.75) is 13.3 Å². The van der Waals surface area contributed by atoms with Gasteiger partial charge in [0.05, 0.1) is 6.42 Å². The van der Waals surface area contributed by atoms with E-state index in [4.69, 9.17) is 4.74 Å². The molecule has 0 fully saturated rings. The van der Waals surface area contributed by atoms with Crippen LogP contribution in [0.2, 0.25) is 0 Å². The zero-order chi connectivity index (χ0) is 10.4. The average molecular weight is 198 g/mol. The monoisotopic (exact) mass is 198 g/mol. The Morgan fingerprint density at radius 2 is 2.07 bits per heavy atom. The first-order chi connectivity index (χ1) is 7.25. The van der Waals surface area contributed by atoms with Gasteiger partial charge in [-0.15, -0.1) is 0 Å². The van der Waals surface area contributed by atoms with Crippen molar-refractivity contribution in [2.75, 3.05) is 0 Å². The summed E-state index contributed by atoms with van der Waals surface area (Å²) in [5.41, 5.74) is 4.34. The summed E-state index contributed by atoms with van der Waals surface area (Å²) in [5.74, 6) is 0.580. The Hall–Kier alpha value is -1.83. The van der Waals surface area contributed by atoms with E-state index >= 15 is 0 Å². The van der Waals surface area contributed by atoms with E-state index in [1.165, 1.54) is 0 Å². The molecule has 0 aromatic rings. The molecule has 2 aliphatic carbocycles. The lowest BCUT2D eigenvalue weighted by Crippen LogP contribution is -2.16. The van der Waals surface area contributed by atoms with Gasteiger partial charge in [-0.05, 0) is 29.7 Å². The molecule has 0 saturated carbocycles. The first-order valence-electron chi connectivity index (χ1n) is 4.97. The van der Waals surface area contributed by atoms with Crippen molar-refractivity contribution in [1.29, 1.82) is 0 Å². The summed E-state index contributed by atoms with van der Waals surface area (Å²) in [6.45, 7) is 1.97. The van der Waals surface area contributed by atoms with Gasteiger partial charge < -0.3 is 4.74 Å². The van der Waals surface area contributed by atoms with E-state index in [-0.39, 0.29) is 5.97 Å². The first kappa shape index (κ1) is 8.48. The number of carbonyl (C=O) groups excluding carboxylic acids is 1. The highest BCUT2D eigenvalue weighted by Crippen LogP contribution is 2.42. The van der Waals surface area contributed by atoms with E-state index in [9.17, 15) is 4.79 Å². The Labute approximate surface area is 87.8 Å². The van der Waals surface area contributed by atoms with Crippen molar-refractivity contribution in [2.24, 2.45) is 0 Å². The molecule has 0 spiro atoms. The van der Waals surface area contributed by atoms with Crippen LogP contribution < -0.4 is 4.74 Å². The SMILES string of the molecule is Cc1cc2ccccc3c-2c1OC(=O)C3. The van der Waals surface area contributed by atoms with Crippen molar-refractivity contribution in [1.82, 2.24) is 0 Å². The van der Waals surface area contributed by atoms with Crippen molar-refractivity contribution in [3.05, 3.63) is 41.5 Å². The lowest BCUT2D eigenvalue weighted by Gasteiger charge is -2.14. The minimum absolute atomic E-state index is 0.163. The maximum absolute atomic E-state index is 11.4. The Morgan fingerprint density at radius 3 is 2.93 bits per heavy atom. The molecule has 1 heterocycles. The van der Waals surface area contributed by atoms with Gasteiger partial charge in [0.25, 0.3) is 0 Å². The van der Waals surface area contributed by atoms with Crippen molar-refractivity contribution >= 4 is 5.97 Å². The molecule has 0 amide bonds. The quantitative estimate of drug-likeness (QED) is 0.608. The number of carbonyl (C=O) groups is 1. The minimum Gasteiger partial charge on any atom is -0.425 e. The summed E-state index contributed by atoms with van der Waals surface area (Å²) in [5, 5.41) is 0. The number of hydrogen-bond donors (Lipinski definition) is 0. The smallest absolute Gasteiger partial charge is 0.315 e. The van der Waals surface area contributed by atoms with Crippen molar-refractivity contribution in [3.8, 4) is 16.9 Å². The first-order valence-corrected chi connectivity index (χ1v) is 4.97. The van der Waals surface area contributed by atoms with Crippen LogP contribution in [0.15, 0.2) is 30.3 Å². The third kappa shape index (κ3) is 1.14. The minimum atomic E-state index is -0.163. The second-order valence-corrected chi connectivity index (χ2v) is 3.88. The van der Waals surface area contributed by atoms with Gasteiger partial charge in [-0.25, -0.2) is 0 Å². The van der Waals surface area contributed by atoms with Crippen LogP contribution in [0.4, 0.5) is 0 Å². The zero-order valence-electron chi connectivity index (χ0n) is 8.41. The summed E-state index contributed by atoms with van der Waals surface area (Å²) in [4.78, 5) is 11.4. The molecular formula is C13H10O2. The maximum atomic E-state index is 11.4. The predicted octanol–water partition coefficient (Wildman–Crippen LogP) is 2.56. The van der Waals surface area contributed by atoms with Gasteiger partial charge in [0.1, 0.15) is 5.75 Å². The number of esters is 1. The second kappa shape index (κ2) is 2.83. The fourth-order valence-corrected chi connectivity index (χ4v) is 2.16. The van der Waals surface area contributed by atoms with Gasteiger partial charge in [-0.2, -0.15) is 0 Å². The largest absolute Gasteiger partial charge is 0.425 e. The van der Waals surface area contributed by atoms with E-state index in [1.807, 2.05) is 25.1 Å². The highest BCUT2D eigenvalue weighted by Gasteiger charge is 2.25. The Kier molecular flexibility index (Phi) is 1.60. The lowest BCUT2D eigenvalue weighted by atomic mass is 10.0. The van der Waals surface area contributed by atoms with Crippen molar-refractivity contribution < 1.29 is 9.53 Å². The highest BCUT2D eigenvalue weighted by atomic mass is 16.5. The molecule has 0 atom stereocenters. The molecule has 2 nitrogen and oxygen atoms in total.